The van der Waals surface area contributed by atoms with E-state index in [1.54, 1.807) is 6.20 Å². The van der Waals surface area contributed by atoms with Crippen molar-refractivity contribution in [2.75, 3.05) is 6.54 Å². The summed E-state index contributed by atoms with van der Waals surface area (Å²) in [6.45, 7) is 2.74. The zero-order chi connectivity index (χ0) is 10.4. The van der Waals surface area contributed by atoms with Gasteiger partial charge >= 0.3 is 0 Å². The Hall–Kier alpha value is -1.43. The number of hydrazone groups is 1. The third kappa shape index (κ3) is 3.14. The average molecular weight is 211 g/mol. The first-order valence-electron chi connectivity index (χ1n) is 4.31. The Balaban J connectivity index is 2.61. The maximum Gasteiger partial charge on any atom is 0.184 e. The van der Waals surface area contributed by atoms with Crippen molar-refractivity contribution in [3.05, 3.63) is 12.4 Å². The summed E-state index contributed by atoms with van der Waals surface area (Å²) in [6.07, 6.45) is 6.19. The lowest BCUT2D eigenvalue weighted by molar-refractivity contribution is 0.613. The first-order valence-corrected chi connectivity index (χ1v) is 4.71. The van der Waals surface area contributed by atoms with Crippen LogP contribution in [0.2, 0.25) is 0 Å². The Morgan fingerprint density at radius 2 is 2.57 bits per heavy atom. The van der Waals surface area contributed by atoms with Crippen molar-refractivity contribution in [2.24, 2.45) is 15.8 Å². The molecule has 0 bridgehead atoms. The molecule has 1 rings (SSSR count). The number of aliphatic imine (C=N–C) groups is 1. The number of nitrogens with zero attached hydrogens (tertiary/aromatic N) is 3. The summed E-state index contributed by atoms with van der Waals surface area (Å²) in [4.78, 5) is 5.94. The smallest absolute Gasteiger partial charge is 0.184 e. The molecule has 76 valence electrons. The number of nitrogens with one attached hydrogen (secondary N) is 1. The van der Waals surface area contributed by atoms with E-state index in [0.29, 0.717) is 0 Å². The van der Waals surface area contributed by atoms with E-state index in [0.717, 1.165) is 18.8 Å². The number of rotatable bonds is 2. The molecule has 1 aliphatic heterocycles. The monoisotopic (exact) mass is 211 g/mol. The van der Waals surface area contributed by atoms with Gasteiger partial charge in [0.1, 0.15) is 5.84 Å². The van der Waals surface area contributed by atoms with Gasteiger partial charge in [0.05, 0.1) is 6.54 Å². The normalized spacial score (nSPS) is 15.8. The zero-order valence-electron chi connectivity index (χ0n) is 7.97. The molecule has 0 saturated carbocycles. The number of thiocarbonyl (C=S) groups is 1. The molecule has 0 saturated heterocycles. The molecule has 0 aromatic heterocycles. The Kier molecular flexibility index (Phi) is 4.06. The van der Waals surface area contributed by atoms with Gasteiger partial charge in [0.2, 0.25) is 0 Å². The summed E-state index contributed by atoms with van der Waals surface area (Å²) in [5.74, 6) is 0.875. The van der Waals surface area contributed by atoms with Gasteiger partial charge in [0.25, 0.3) is 0 Å². The first-order chi connectivity index (χ1) is 6.74. The molecule has 0 aromatic carbocycles. The molecule has 3 N–H and O–H groups in total. The van der Waals surface area contributed by atoms with Crippen molar-refractivity contribution < 1.29 is 0 Å². The van der Waals surface area contributed by atoms with Crippen LogP contribution in [-0.2, 0) is 0 Å². The number of hydrogen-bond acceptors (Lipinski definition) is 3. The van der Waals surface area contributed by atoms with Gasteiger partial charge in [-0.3, -0.25) is 10.4 Å². The van der Waals surface area contributed by atoms with E-state index in [4.69, 9.17) is 5.73 Å². The second-order valence-electron chi connectivity index (χ2n) is 2.64. The van der Waals surface area contributed by atoms with Gasteiger partial charge in [0.15, 0.2) is 5.11 Å². The van der Waals surface area contributed by atoms with Crippen LogP contribution in [0.1, 0.15) is 13.3 Å². The van der Waals surface area contributed by atoms with Crippen molar-refractivity contribution in [1.82, 2.24) is 10.3 Å². The van der Waals surface area contributed by atoms with E-state index in [-0.39, 0.29) is 5.11 Å². The highest BCUT2D eigenvalue weighted by Gasteiger charge is 2.06. The highest BCUT2D eigenvalue weighted by atomic mass is 32.1. The molecule has 0 aliphatic carbocycles. The summed E-state index contributed by atoms with van der Waals surface area (Å²) in [5.41, 5.74) is 7.85. The lowest BCUT2D eigenvalue weighted by Crippen LogP contribution is -2.33. The summed E-state index contributed by atoms with van der Waals surface area (Å²) in [6, 6.07) is 0. The van der Waals surface area contributed by atoms with Crippen LogP contribution in [-0.4, -0.2) is 28.6 Å². The van der Waals surface area contributed by atoms with Crippen LogP contribution in [0.5, 0.6) is 0 Å². The van der Waals surface area contributed by atoms with Gasteiger partial charge in [-0.25, -0.2) is 0 Å². The Morgan fingerprint density at radius 1 is 1.79 bits per heavy atom. The largest absolute Gasteiger partial charge is 0.375 e. The topological polar surface area (TPSA) is 66.0 Å². The minimum atomic E-state index is 0.172. The van der Waals surface area contributed by atoms with Crippen molar-refractivity contribution in [2.45, 2.75) is 13.3 Å². The lowest BCUT2D eigenvalue weighted by Gasteiger charge is -2.20. The molecule has 0 radical (unpaired) electrons. The van der Waals surface area contributed by atoms with E-state index < -0.39 is 0 Å². The fraction of sp³-hybridized carbons (Fsp3) is 0.375. The van der Waals surface area contributed by atoms with Gasteiger partial charge in [-0.1, -0.05) is 6.92 Å². The molecule has 0 aromatic rings. The van der Waals surface area contributed by atoms with Crippen LogP contribution in [0, 0.1) is 0 Å². The van der Waals surface area contributed by atoms with Crippen molar-refractivity contribution >= 4 is 29.4 Å². The maximum atomic E-state index is 5.28. The number of amidine groups is 1. The summed E-state index contributed by atoms with van der Waals surface area (Å²) < 4.78 is 0. The molecular formula is C8H13N5S. The zero-order valence-corrected chi connectivity index (χ0v) is 8.79. The van der Waals surface area contributed by atoms with Gasteiger partial charge in [-0.2, -0.15) is 5.10 Å². The number of hydrogen-bond donors (Lipinski definition) is 2. The first kappa shape index (κ1) is 10.6. The highest BCUT2D eigenvalue weighted by molar-refractivity contribution is 7.80. The van der Waals surface area contributed by atoms with E-state index in [9.17, 15) is 0 Å². The SMILES string of the molecule is CCC(=NNC(N)=S)N1C=CN=CC1. The molecule has 0 amide bonds. The number of nitrogens with two attached hydrogens (primary N) is 1. The van der Waals surface area contributed by atoms with Crippen LogP contribution in [0.15, 0.2) is 22.5 Å². The fourth-order valence-corrected chi connectivity index (χ4v) is 1.08. The lowest BCUT2D eigenvalue weighted by atomic mass is 10.4. The Labute approximate surface area is 88.4 Å². The molecule has 0 atom stereocenters. The molecule has 5 nitrogen and oxygen atoms in total. The van der Waals surface area contributed by atoms with E-state index in [1.165, 1.54) is 0 Å². The third-order valence-corrected chi connectivity index (χ3v) is 1.75. The van der Waals surface area contributed by atoms with E-state index >= 15 is 0 Å². The van der Waals surface area contributed by atoms with Crippen LogP contribution in [0.4, 0.5) is 0 Å². The van der Waals surface area contributed by atoms with Crippen LogP contribution in [0.25, 0.3) is 0 Å². The molecule has 6 heteroatoms. The highest BCUT2D eigenvalue weighted by Crippen LogP contribution is 2.00. The molecular weight excluding hydrogens is 198 g/mol. The minimum absolute atomic E-state index is 0.172. The van der Waals surface area contributed by atoms with Crippen LogP contribution < -0.4 is 11.2 Å². The maximum absolute atomic E-state index is 5.28. The quantitative estimate of drug-likeness (QED) is 0.300. The predicted molar refractivity (Wildman–Crippen MR) is 62.0 cm³/mol. The van der Waals surface area contributed by atoms with Gasteiger partial charge in [-0.15, -0.1) is 0 Å². The van der Waals surface area contributed by atoms with Crippen molar-refractivity contribution in [3.8, 4) is 0 Å². The van der Waals surface area contributed by atoms with Crippen LogP contribution in [0.3, 0.4) is 0 Å². The second kappa shape index (κ2) is 5.33. The molecule has 14 heavy (non-hydrogen) atoms. The van der Waals surface area contributed by atoms with Gasteiger partial charge in [-0.05, 0) is 12.2 Å². The summed E-state index contributed by atoms with van der Waals surface area (Å²) in [5, 5.41) is 4.25. The van der Waals surface area contributed by atoms with E-state index in [2.05, 4.69) is 27.7 Å². The van der Waals surface area contributed by atoms with Crippen molar-refractivity contribution in [3.63, 3.8) is 0 Å². The fourth-order valence-electron chi connectivity index (χ4n) is 1.03. The standard InChI is InChI=1S/C8H13N5S/c1-2-7(11-12-8(9)14)13-5-3-10-4-6-13/h3-5H,2,6H2,1H3,(H3,9,12,14). The molecule has 0 fully saturated rings. The molecule has 0 spiro atoms. The van der Waals surface area contributed by atoms with E-state index in [1.807, 2.05) is 24.2 Å². The third-order valence-electron chi connectivity index (χ3n) is 1.66. The molecule has 0 unspecified atom stereocenters. The van der Waals surface area contributed by atoms with Crippen LogP contribution >= 0.6 is 12.2 Å². The van der Waals surface area contributed by atoms with Gasteiger partial charge < -0.3 is 10.6 Å². The average Bonchev–Trinajstić information content (AvgIpc) is 2.20. The minimum Gasteiger partial charge on any atom is -0.375 e. The summed E-state index contributed by atoms with van der Waals surface area (Å²) >= 11 is 4.66. The predicted octanol–water partition coefficient (Wildman–Crippen LogP) is 0.401. The molecule has 1 heterocycles. The Morgan fingerprint density at radius 3 is 3.07 bits per heavy atom. The van der Waals surface area contributed by atoms with Crippen molar-refractivity contribution in [1.29, 1.82) is 0 Å². The Bertz CT molecular complexity index is 294. The summed E-state index contributed by atoms with van der Waals surface area (Å²) in [7, 11) is 0. The van der Waals surface area contributed by atoms with Gasteiger partial charge in [0, 0.05) is 25.0 Å². The second-order valence-corrected chi connectivity index (χ2v) is 3.08. The molecule has 1 aliphatic rings.